The van der Waals surface area contributed by atoms with Gasteiger partial charge in [0.1, 0.15) is 0 Å². The molecule has 0 radical (unpaired) electrons. The summed E-state index contributed by atoms with van der Waals surface area (Å²) in [7, 11) is 1.80. The average Bonchev–Trinajstić information content (AvgIpc) is 3.10. The molecule has 2 N–H and O–H groups in total. The summed E-state index contributed by atoms with van der Waals surface area (Å²) >= 11 is 6.15. The second-order valence-electron chi connectivity index (χ2n) is 7.20. The van der Waals surface area contributed by atoms with Gasteiger partial charge in [0.15, 0.2) is 0 Å². The van der Waals surface area contributed by atoms with E-state index in [1.165, 1.54) is 12.8 Å². The Bertz CT molecular complexity index is 631. The standard InChI is InChI=1S/C19H26ClN3O2/c1-23-10-9-16(12-17(23)24)21-19(25)22-18(13-5-2-3-6-13)14-7-4-8-15(20)11-14/h4,7-8,11,13,16,18H,2-3,5-6,9-10,12H2,1H3,(H2,21,22,25)/t16-,18+/m1/s1. The third kappa shape index (κ3) is 4.66. The second-order valence-corrected chi connectivity index (χ2v) is 7.64. The molecular weight excluding hydrogens is 338 g/mol. The van der Waals surface area contributed by atoms with Crippen LogP contribution >= 0.6 is 11.6 Å². The maximum Gasteiger partial charge on any atom is 0.315 e. The molecule has 25 heavy (non-hydrogen) atoms. The van der Waals surface area contributed by atoms with Crippen molar-refractivity contribution in [3.8, 4) is 0 Å². The number of nitrogens with one attached hydrogen (secondary N) is 2. The van der Waals surface area contributed by atoms with Gasteiger partial charge in [-0.05, 0) is 42.9 Å². The van der Waals surface area contributed by atoms with E-state index in [1.54, 1.807) is 11.9 Å². The third-order valence-corrected chi connectivity index (χ3v) is 5.60. The summed E-state index contributed by atoms with van der Waals surface area (Å²) in [6.45, 7) is 0.685. The Balaban J connectivity index is 1.65. The number of benzene rings is 1. The number of rotatable bonds is 4. The van der Waals surface area contributed by atoms with Crippen LogP contribution in [0.25, 0.3) is 0 Å². The van der Waals surface area contributed by atoms with Gasteiger partial charge in [0.05, 0.1) is 6.04 Å². The molecule has 5 nitrogen and oxygen atoms in total. The van der Waals surface area contributed by atoms with Crippen LogP contribution in [0, 0.1) is 5.92 Å². The summed E-state index contributed by atoms with van der Waals surface area (Å²) in [5.41, 5.74) is 1.05. The molecular formula is C19H26ClN3O2. The van der Waals surface area contributed by atoms with Gasteiger partial charge in [0.25, 0.3) is 0 Å². The van der Waals surface area contributed by atoms with Crippen molar-refractivity contribution >= 4 is 23.5 Å². The topological polar surface area (TPSA) is 61.4 Å². The minimum atomic E-state index is -0.195. The normalized spacial score (nSPS) is 22.7. The van der Waals surface area contributed by atoms with Crippen LogP contribution in [-0.2, 0) is 4.79 Å². The molecule has 3 amide bonds. The monoisotopic (exact) mass is 363 g/mol. The van der Waals surface area contributed by atoms with Crippen molar-refractivity contribution in [3.63, 3.8) is 0 Å². The van der Waals surface area contributed by atoms with Crippen molar-refractivity contribution in [2.75, 3.05) is 13.6 Å². The molecule has 1 aliphatic heterocycles. The Morgan fingerprint density at radius 2 is 2.04 bits per heavy atom. The van der Waals surface area contributed by atoms with E-state index in [1.807, 2.05) is 24.3 Å². The van der Waals surface area contributed by atoms with E-state index in [-0.39, 0.29) is 24.0 Å². The highest BCUT2D eigenvalue weighted by Crippen LogP contribution is 2.36. The number of halogens is 1. The molecule has 0 bridgehead atoms. The van der Waals surface area contributed by atoms with Gasteiger partial charge in [-0.1, -0.05) is 36.6 Å². The van der Waals surface area contributed by atoms with E-state index < -0.39 is 0 Å². The third-order valence-electron chi connectivity index (χ3n) is 5.36. The summed E-state index contributed by atoms with van der Waals surface area (Å²) in [5, 5.41) is 6.80. The van der Waals surface area contributed by atoms with Gasteiger partial charge in [-0.3, -0.25) is 4.79 Å². The van der Waals surface area contributed by atoms with E-state index in [4.69, 9.17) is 11.6 Å². The highest BCUT2D eigenvalue weighted by molar-refractivity contribution is 6.30. The average molecular weight is 364 g/mol. The van der Waals surface area contributed by atoms with Gasteiger partial charge in [0.2, 0.25) is 5.91 Å². The zero-order valence-corrected chi connectivity index (χ0v) is 15.4. The van der Waals surface area contributed by atoms with Gasteiger partial charge >= 0.3 is 6.03 Å². The Hall–Kier alpha value is -1.75. The van der Waals surface area contributed by atoms with E-state index in [0.29, 0.717) is 23.9 Å². The summed E-state index contributed by atoms with van der Waals surface area (Å²) in [6, 6.07) is 7.41. The highest BCUT2D eigenvalue weighted by Gasteiger charge is 2.29. The first-order chi connectivity index (χ1) is 12.0. The Morgan fingerprint density at radius 1 is 1.28 bits per heavy atom. The lowest BCUT2D eigenvalue weighted by Crippen LogP contribution is -2.50. The molecule has 1 heterocycles. The number of likely N-dealkylation sites (tertiary alicyclic amines) is 1. The Labute approximate surface area is 154 Å². The number of urea groups is 1. The van der Waals surface area contributed by atoms with E-state index >= 15 is 0 Å². The zero-order valence-electron chi connectivity index (χ0n) is 14.6. The number of amides is 3. The molecule has 0 unspecified atom stereocenters. The molecule has 1 saturated carbocycles. The highest BCUT2D eigenvalue weighted by atomic mass is 35.5. The lowest BCUT2D eigenvalue weighted by Gasteiger charge is -2.31. The van der Waals surface area contributed by atoms with Crippen molar-refractivity contribution in [2.24, 2.45) is 5.92 Å². The predicted molar refractivity (Wildman–Crippen MR) is 98.5 cm³/mol. The predicted octanol–water partition coefficient (Wildman–Crippen LogP) is 3.49. The van der Waals surface area contributed by atoms with Gasteiger partial charge < -0.3 is 15.5 Å². The molecule has 2 atom stereocenters. The van der Waals surface area contributed by atoms with Crippen molar-refractivity contribution in [1.29, 1.82) is 0 Å². The largest absolute Gasteiger partial charge is 0.346 e. The van der Waals surface area contributed by atoms with Crippen LogP contribution in [0.15, 0.2) is 24.3 Å². The molecule has 1 aromatic carbocycles. The lowest BCUT2D eigenvalue weighted by molar-refractivity contribution is -0.132. The summed E-state index contributed by atoms with van der Waals surface area (Å²) in [4.78, 5) is 26.1. The Morgan fingerprint density at radius 3 is 2.72 bits per heavy atom. The number of nitrogens with zero attached hydrogens (tertiary/aromatic N) is 1. The molecule has 1 aliphatic carbocycles. The van der Waals surface area contributed by atoms with E-state index in [2.05, 4.69) is 10.6 Å². The van der Waals surface area contributed by atoms with Crippen LogP contribution < -0.4 is 10.6 Å². The van der Waals surface area contributed by atoms with Crippen molar-refractivity contribution in [3.05, 3.63) is 34.9 Å². The maximum atomic E-state index is 12.5. The molecule has 3 rings (SSSR count). The van der Waals surface area contributed by atoms with Crippen molar-refractivity contribution in [2.45, 2.75) is 50.6 Å². The van der Waals surface area contributed by atoms with E-state index in [0.717, 1.165) is 24.8 Å². The van der Waals surface area contributed by atoms with Crippen LogP contribution in [0.1, 0.15) is 50.1 Å². The first-order valence-corrected chi connectivity index (χ1v) is 9.47. The lowest BCUT2D eigenvalue weighted by atomic mass is 9.91. The SMILES string of the molecule is CN1CC[C@@H](NC(=O)N[C@H](c2cccc(Cl)c2)C2CCCC2)CC1=O. The minimum absolute atomic E-state index is 0.0387. The first kappa shape index (κ1) is 18.1. The first-order valence-electron chi connectivity index (χ1n) is 9.09. The smallest absolute Gasteiger partial charge is 0.315 e. The fraction of sp³-hybridized carbons (Fsp3) is 0.579. The van der Waals surface area contributed by atoms with Crippen molar-refractivity contribution < 1.29 is 9.59 Å². The van der Waals surface area contributed by atoms with Crippen molar-refractivity contribution in [1.82, 2.24) is 15.5 Å². The van der Waals surface area contributed by atoms with Gasteiger partial charge in [-0.15, -0.1) is 0 Å². The molecule has 1 saturated heterocycles. The quantitative estimate of drug-likeness (QED) is 0.860. The summed E-state index contributed by atoms with van der Waals surface area (Å²) in [5.74, 6) is 0.516. The second kappa shape index (κ2) is 8.09. The Kier molecular flexibility index (Phi) is 5.84. The van der Waals surface area contributed by atoms with Crippen LogP contribution in [-0.4, -0.2) is 36.5 Å². The zero-order chi connectivity index (χ0) is 17.8. The summed E-state index contributed by atoms with van der Waals surface area (Å²) in [6.07, 6.45) is 5.80. The number of hydrogen-bond donors (Lipinski definition) is 2. The number of carbonyl (C=O) groups excluding carboxylic acids is 2. The fourth-order valence-electron chi connectivity index (χ4n) is 3.90. The minimum Gasteiger partial charge on any atom is -0.346 e. The molecule has 2 fully saturated rings. The van der Waals surface area contributed by atoms with Crippen LogP contribution in [0.2, 0.25) is 5.02 Å². The van der Waals surface area contributed by atoms with E-state index in [9.17, 15) is 9.59 Å². The summed E-state index contributed by atoms with van der Waals surface area (Å²) < 4.78 is 0. The van der Waals surface area contributed by atoms with Crippen LogP contribution in [0.5, 0.6) is 0 Å². The molecule has 6 heteroatoms. The molecule has 136 valence electrons. The van der Waals surface area contributed by atoms with Crippen LogP contribution in [0.4, 0.5) is 4.79 Å². The number of piperidine rings is 1. The number of hydrogen-bond acceptors (Lipinski definition) is 2. The molecule has 0 spiro atoms. The molecule has 0 aromatic heterocycles. The maximum absolute atomic E-state index is 12.5. The van der Waals surface area contributed by atoms with Gasteiger partial charge in [-0.25, -0.2) is 4.79 Å². The number of carbonyl (C=O) groups is 2. The van der Waals surface area contributed by atoms with Crippen LogP contribution in [0.3, 0.4) is 0 Å². The fourth-order valence-corrected chi connectivity index (χ4v) is 4.10. The molecule has 2 aliphatic rings. The van der Waals surface area contributed by atoms with Gasteiger partial charge in [0, 0.05) is 31.1 Å². The van der Waals surface area contributed by atoms with Gasteiger partial charge in [-0.2, -0.15) is 0 Å². The molecule has 1 aromatic rings.